The summed E-state index contributed by atoms with van der Waals surface area (Å²) in [5, 5.41) is 3.48. The second-order valence-corrected chi connectivity index (χ2v) is 9.68. The zero-order valence-electron chi connectivity index (χ0n) is 20.4. The minimum Gasteiger partial charge on any atom is -0.383 e. The van der Waals surface area contributed by atoms with E-state index in [1.54, 1.807) is 0 Å². The normalized spacial score (nSPS) is 11.6. The minimum absolute atomic E-state index is 0.448. The Morgan fingerprint density at radius 1 is 0.633 bits per heavy atom. The molecule has 0 saturated heterocycles. The number of rotatable bonds is 11. The van der Waals surface area contributed by atoms with E-state index in [0.717, 1.165) is 19.5 Å². The molecular formula is C27H43N3. The van der Waals surface area contributed by atoms with E-state index in [1.807, 2.05) is 0 Å². The standard InChI is InChI=1S/C27H43N3/c1-20(2)19-24-9-13-26(14-10-24)29(22(5)6)17-18-30(23(7)8)27-15-11-25(12-16-27)28-21(3)4/h9-16,20-23,28H,17-19H2,1-8H3. The van der Waals surface area contributed by atoms with Crippen molar-refractivity contribution in [3.05, 3.63) is 54.1 Å². The summed E-state index contributed by atoms with van der Waals surface area (Å²) in [6.07, 6.45) is 1.14. The maximum Gasteiger partial charge on any atom is 0.0370 e. The van der Waals surface area contributed by atoms with Crippen molar-refractivity contribution in [2.24, 2.45) is 5.92 Å². The summed E-state index contributed by atoms with van der Waals surface area (Å²) < 4.78 is 0. The zero-order chi connectivity index (χ0) is 22.3. The molecule has 0 amide bonds. The lowest BCUT2D eigenvalue weighted by Crippen LogP contribution is -2.41. The Morgan fingerprint density at radius 3 is 1.43 bits per heavy atom. The zero-order valence-corrected chi connectivity index (χ0v) is 20.4. The van der Waals surface area contributed by atoms with E-state index in [2.05, 4.69) is 119 Å². The van der Waals surface area contributed by atoms with Gasteiger partial charge < -0.3 is 15.1 Å². The highest BCUT2D eigenvalue weighted by atomic mass is 15.2. The Morgan fingerprint density at radius 2 is 1.07 bits per heavy atom. The summed E-state index contributed by atoms with van der Waals surface area (Å²) in [6, 6.07) is 19.4. The highest BCUT2D eigenvalue weighted by Gasteiger charge is 2.16. The Bertz CT molecular complexity index is 664. The molecule has 0 aliphatic rings. The van der Waals surface area contributed by atoms with E-state index in [9.17, 15) is 0 Å². The van der Waals surface area contributed by atoms with Gasteiger partial charge in [-0.1, -0.05) is 26.0 Å². The van der Waals surface area contributed by atoms with Crippen molar-refractivity contribution in [2.75, 3.05) is 28.2 Å². The Labute approximate surface area is 185 Å². The van der Waals surface area contributed by atoms with Crippen molar-refractivity contribution >= 4 is 17.1 Å². The van der Waals surface area contributed by atoms with Crippen molar-refractivity contribution in [2.45, 2.75) is 79.9 Å². The fraction of sp³-hybridized carbons (Fsp3) is 0.556. The molecule has 0 bridgehead atoms. The van der Waals surface area contributed by atoms with E-state index < -0.39 is 0 Å². The quantitative estimate of drug-likeness (QED) is 0.438. The molecule has 2 aromatic carbocycles. The van der Waals surface area contributed by atoms with Gasteiger partial charge in [-0.2, -0.15) is 0 Å². The Kier molecular flexibility index (Phi) is 9.08. The van der Waals surface area contributed by atoms with Crippen LogP contribution in [0.1, 0.15) is 61.0 Å². The summed E-state index contributed by atoms with van der Waals surface area (Å²) in [4.78, 5) is 5.02. The first kappa shape index (κ1) is 24.1. The van der Waals surface area contributed by atoms with Crippen molar-refractivity contribution in [3.8, 4) is 0 Å². The van der Waals surface area contributed by atoms with Crippen LogP contribution in [0.15, 0.2) is 48.5 Å². The third-order valence-electron chi connectivity index (χ3n) is 5.39. The molecule has 1 N–H and O–H groups in total. The molecule has 166 valence electrons. The molecule has 2 aromatic rings. The van der Waals surface area contributed by atoms with Crippen molar-refractivity contribution < 1.29 is 0 Å². The third kappa shape index (κ3) is 7.27. The number of hydrogen-bond acceptors (Lipinski definition) is 3. The molecule has 3 nitrogen and oxygen atoms in total. The minimum atomic E-state index is 0.448. The van der Waals surface area contributed by atoms with Gasteiger partial charge in [-0.15, -0.1) is 0 Å². The van der Waals surface area contributed by atoms with Crippen molar-refractivity contribution in [3.63, 3.8) is 0 Å². The molecule has 0 aliphatic heterocycles. The van der Waals surface area contributed by atoms with Gasteiger partial charge in [0, 0.05) is 48.3 Å². The van der Waals surface area contributed by atoms with Crippen molar-refractivity contribution in [1.29, 1.82) is 0 Å². The topological polar surface area (TPSA) is 18.5 Å². The van der Waals surface area contributed by atoms with Gasteiger partial charge >= 0.3 is 0 Å². The molecule has 0 spiro atoms. The molecule has 3 heteroatoms. The molecule has 0 aliphatic carbocycles. The SMILES string of the molecule is CC(C)Cc1ccc(N(CCN(c2ccc(NC(C)C)cc2)C(C)C)C(C)C)cc1. The summed E-state index contributed by atoms with van der Waals surface area (Å²) >= 11 is 0. The highest BCUT2D eigenvalue weighted by Crippen LogP contribution is 2.23. The first-order valence-electron chi connectivity index (χ1n) is 11.7. The molecule has 0 radical (unpaired) electrons. The first-order chi connectivity index (χ1) is 14.2. The Hall–Kier alpha value is -2.16. The van der Waals surface area contributed by atoms with Crippen LogP contribution >= 0.6 is 0 Å². The van der Waals surface area contributed by atoms with Crippen molar-refractivity contribution in [1.82, 2.24) is 0 Å². The van der Waals surface area contributed by atoms with Crippen LogP contribution in [0, 0.1) is 5.92 Å². The molecule has 0 unspecified atom stereocenters. The van der Waals surface area contributed by atoms with Gasteiger partial charge in [-0.05, 0) is 95.8 Å². The van der Waals surface area contributed by atoms with Crippen LogP contribution in [0.3, 0.4) is 0 Å². The second kappa shape index (κ2) is 11.3. The number of hydrogen-bond donors (Lipinski definition) is 1. The molecule has 2 rings (SSSR count). The predicted octanol–water partition coefficient (Wildman–Crippen LogP) is 6.84. The van der Waals surface area contributed by atoms with Gasteiger partial charge in [-0.3, -0.25) is 0 Å². The lowest BCUT2D eigenvalue weighted by Gasteiger charge is -2.35. The molecule has 0 aromatic heterocycles. The lowest BCUT2D eigenvalue weighted by atomic mass is 10.0. The van der Waals surface area contributed by atoms with Gasteiger partial charge in [0.2, 0.25) is 0 Å². The van der Waals surface area contributed by atoms with Crippen LogP contribution in [0.2, 0.25) is 0 Å². The van der Waals surface area contributed by atoms with Crippen LogP contribution in [0.4, 0.5) is 17.1 Å². The lowest BCUT2D eigenvalue weighted by molar-refractivity contribution is 0.626. The van der Waals surface area contributed by atoms with Crippen LogP contribution < -0.4 is 15.1 Å². The van der Waals surface area contributed by atoms with Gasteiger partial charge in [0.1, 0.15) is 0 Å². The predicted molar refractivity (Wildman–Crippen MR) is 135 cm³/mol. The van der Waals surface area contributed by atoms with Crippen LogP contribution in [-0.4, -0.2) is 31.2 Å². The number of nitrogens with zero attached hydrogens (tertiary/aromatic N) is 2. The smallest absolute Gasteiger partial charge is 0.0370 e. The average Bonchev–Trinajstić information content (AvgIpc) is 2.66. The molecule has 0 atom stereocenters. The summed E-state index contributed by atoms with van der Waals surface area (Å²) in [7, 11) is 0. The number of nitrogens with one attached hydrogen (secondary N) is 1. The molecular weight excluding hydrogens is 366 g/mol. The van der Waals surface area contributed by atoms with Gasteiger partial charge in [0.25, 0.3) is 0 Å². The molecule has 0 fully saturated rings. The van der Waals surface area contributed by atoms with Crippen LogP contribution in [0.5, 0.6) is 0 Å². The molecule has 0 saturated carbocycles. The van der Waals surface area contributed by atoms with E-state index in [4.69, 9.17) is 0 Å². The fourth-order valence-corrected chi connectivity index (χ4v) is 3.96. The molecule has 0 heterocycles. The maximum atomic E-state index is 3.48. The summed E-state index contributed by atoms with van der Waals surface area (Å²) in [6.45, 7) is 20.0. The number of anilines is 3. The van der Waals surface area contributed by atoms with E-state index in [1.165, 1.54) is 22.6 Å². The molecule has 30 heavy (non-hydrogen) atoms. The van der Waals surface area contributed by atoms with Crippen LogP contribution in [-0.2, 0) is 6.42 Å². The maximum absolute atomic E-state index is 3.48. The van der Waals surface area contributed by atoms with E-state index in [-0.39, 0.29) is 0 Å². The summed E-state index contributed by atoms with van der Waals surface area (Å²) in [5.41, 5.74) is 5.21. The highest BCUT2D eigenvalue weighted by molar-refractivity contribution is 5.56. The number of benzene rings is 2. The van der Waals surface area contributed by atoms with Gasteiger partial charge in [-0.25, -0.2) is 0 Å². The first-order valence-corrected chi connectivity index (χ1v) is 11.7. The second-order valence-electron chi connectivity index (χ2n) is 9.68. The summed E-state index contributed by atoms with van der Waals surface area (Å²) in [5.74, 6) is 0.693. The van der Waals surface area contributed by atoms with Gasteiger partial charge in [0.15, 0.2) is 0 Å². The van der Waals surface area contributed by atoms with Gasteiger partial charge in [0.05, 0.1) is 0 Å². The Balaban J connectivity index is 2.10. The monoisotopic (exact) mass is 409 g/mol. The van der Waals surface area contributed by atoms with Crippen LogP contribution in [0.25, 0.3) is 0 Å². The van der Waals surface area contributed by atoms with E-state index in [0.29, 0.717) is 24.0 Å². The average molecular weight is 410 g/mol. The third-order valence-corrected chi connectivity index (χ3v) is 5.39. The largest absolute Gasteiger partial charge is 0.383 e. The van der Waals surface area contributed by atoms with E-state index >= 15 is 0 Å². The fourth-order valence-electron chi connectivity index (χ4n) is 3.96.